The zero-order valence-corrected chi connectivity index (χ0v) is 11.3. The number of aromatic nitrogens is 1. The van der Waals surface area contributed by atoms with Gasteiger partial charge in [0.15, 0.2) is 17.6 Å². The quantitative estimate of drug-likeness (QED) is 0.852. The molecule has 0 radical (unpaired) electrons. The number of ether oxygens (including phenoxy) is 3. The van der Waals surface area contributed by atoms with E-state index in [-0.39, 0.29) is 12.4 Å². The number of hydrogen-bond donors (Lipinski definition) is 1. The van der Waals surface area contributed by atoms with E-state index in [1.807, 2.05) is 0 Å². The summed E-state index contributed by atoms with van der Waals surface area (Å²) in [5, 5.41) is 9.47. The monoisotopic (exact) mass is 287 g/mol. The molecule has 0 saturated heterocycles. The molecule has 2 aromatic rings. The fraction of sp³-hybridized carbons (Fsp3) is 0.200. The second-order valence-corrected chi connectivity index (χ2v) is 4.52. The van der Waals surface area contributed by atoms with Gasteiger partial charge in [0.05, 0.1) is 13.3 Å². The van der Waals surface area contributed by atoms with Gasteiger partial charge in [0.25, 0.3) is 0 Å². The van der Waals surface area contributed by atoms with Crippen molar-refractivity contribution in [3.63, 3.8) is 0 Å². The SMILES string of the molecule is COC(=O)c1cccc2c1OCC(c1cncc(O)c1)O2. The molecule has 0 bridgehead atoms. The Kier molecular flexibility index (Phi) is 3.35. The number of carbonyl (C=O) groups is 1. The zero-order chi connectivity index (χ0) is 14.8. The smallest absolute Gasteiger partial charge is 0.341 e. The molecular weight excluding hydrogens is 274 g/mol. The molecule has 0 amide bonds. The summed E-state index contributed by atoms with van der Waals surface area (Å²) >= 11 is 0. The highest BCUT2D eigenvalue weighted by atomic mass is 16.6. The highest BCUT2D eigenvalue weighted by Gasteiger charge is 2.27. The van der Waals surface area contributed by atoms with Gasteiger partial charge < -0.3 is 19.3 Å². The van der Waals surface area contributed by atoms with Crippen molar-refractivity contribution in [2.45, 2.75) is 6.10 Å². The van der Waals surface area contributed by atoms with Crippen molar-refractivity contribution in [1.29, 1.82) is 0 Å². The van der Waals surface area contributed by atoms with Gasteiger partial charge in [-0.1, -0.05) is 6.07 Å². The fourth-order valence-electron chi connectivity index (χ4n) is 2.16. The lowest BCUT2D eigenvalue weighted by Crippen LogP contribution is -2.23. The van der Waals surface area contributed by atoms with Gasteiger partial charge >= 0.3 is 5.97 Å². The molecule has 1 aliphatic rings. The van der Waals surface area contributed by atoms with Crippen molar-refractivity contribution >= 4 is 5.97 Å². The van der Waals surface area contributed by atoms with Crippen LogP contribution in [-0.2, 0) is 4.74 Å². The average molecular weight is 287 g/mol. The summed E-state index contributed by atoms with van der Waals surface area (Å²) in [7, 11) is 1.31. The molecule has 1 N–H and O–H groups in total. The second-order valence-electron chi connectivity index (χ2n) is 4.52. The third-order valence-corrected chi connectivity index (χ3v) is 3.15. The number of aromatic hydroxyl groups is 1. The summed E-state index contributed by atoms with van der Waals surface area (Å²) in [6.45, 7) is 0.214. The Morgan fingerprint density at radius 3 is 3.05 bits per heavy atom. The largest absolute Gasteiger partial charge is 0.506 e. The van der Waals surface area contributed by atoms with Crippen LogP contribution >= 0.6 is 0 Å². The van der Waals surface area contributed by atoms with Gasteiger partial charge in [-0.3, -0.25) is 4.98 Å². The molecule has 1 unspecified atom stereocenters. The number of benzene rings is 1. The molecule has 2 heterocycles. The number of nitrogens with zero attached hydrogens (tertiary/aromatic N) is 1. The van der Waals surface area contributed by atoms with E-state index in [2.05, 4.69) is 4.98 Å². The first-order chi connectivity index (χ1) is 10.2. The second kappa shape index (κ2) is 5.32. The average Bonchev–Trinajstić information content (AvgIpc) is 2.53. The molecule has 0 spiro atoms. The fourth-order valence-corrected chi connectivity index (χ4v) is 2.16. The minimum atomic E-state index is -0.479. The summed E-state index contributed by atoms with van der Waals surface area (Å²) in [4.78, 5) is 15.6. The molecule has 1 aromatic heterocycles. The maximum atomic E-state index is 11.7. The Hall–Kier alpha value is -2.76. The number of methoxy groups -OCH3 is 1. The number of rotatable bonds is 2. The Labute approximate surface area is 120 Å². The number of hydrogen-bond acceptors (Lipinski definition) is 6. The molecule has 0 fully saturated rings. The lowest BCUT2D eigenvalue weighted by atomic mass is 10.1. The zero-order valence-electron chi connectivity index (χ0n) is 11.3. The van der Waals surface area contributed by atoms with Gasteiger partial charge in [-0.2, -0.15) is 0 Å². The maximum absolute atomic E-state index is 11.7. The predicted molar refractivity (Wildman–Crippen MR) is 72.5 cm³/mol. The molecule has 1 atom stereocenters. The van der Waals surface area contributed by atoms with Gasteiger partial charge in [0, 0.05) is 11.8 Å². The minimum Gasteiger partial charge on any atom is -0.506 e. The minimum absolute atomic E-state index is 0.0604. The van der Waals surface area contributed by atoms with Crippen LogP contribution in [0, 0.1) is 0 Å². The van der Waals surface area contributed by atoms with Crippen LogP contribution < -0.4 is 9.47 Å². The predicted octanol–water partition coefficient (Wildman–Crippen LogP) is 2.09. The number of esters is 1. The highest BCUT2D eigenvalue weighted by molar-refractivity contribution is 5.93. The standard InChI is InChI=1S/C15H13NO5/c1-19-15(18)11-3-2-4-12-14(11)20-8-13(21-12)9-5-10(17)7-16-6-9/h2-7,13,17H,8H2,1H3. The van der Waals surface area contributed by atoms with E-state index in [1.54, 1.807) is 30.5 Å². The lowest BCUT2D eigenvalue weighted by Gasteiger charge is -2.27. The van der Waals surface area contributed by atoms with Crippen LogP contribution in [0.25, 0.3) is 0 Å². The molecule has 108 valence electrons. The highest BCUT2D eigenvalue weighted by Crippen LogP contribution is 2.39. The van der Waals surface area contributed by atoms with E-state index < -0.39 is 12.1 Å². The van der Waals surface area contributed by atoms with Crippen LogP contribution in [0.1, 0.15) is 22.0 Å². The summed E-state index contributed by atoms with van der Waals surface area (Å²) in [5.74, 6) is 0.407. The normalized spacial score (nSPS) is 16.3. The van der Waals surface area contributed by atoms with Crippen LogP contribution in [0.4, 0.5) is 0 Å². The first-order valence-corrected chi connectivity index (χ1v) is 6.33. The van der Waals surface area contributed by atoms with E-state index in [9.17, 15) is 9.90 Å². The number of para-hydroxylation sites is 1. The van der Waals surface area contributed by atoms with Crippen molar-refractivity contribution in [2.75, 3.05) is 13.7 Å². The van der Waals surface area contributed by atoms with Gasteiger partial charge in [0.1, 0.15) is 17.9 Å². The van der Waals surface area contributed by atoms with Gasteiger partial charge in [-0.25, -0.2) is 4.79 Å². The molecule has 1 aromatic carbocycles. The van der Waals surface area contributed by atoms with Gasteiger partial charge in [-0.15, -0.1) is 0 Å². The number of carbonyl (C=O) groups excluding carboxylic acids is 1. The van der Waals surface area contributed by atoms with Crippen molar-refractivity contribution in [3.05, 3.63) is 47.8 Å². The molecule has 6 nitrogen and oxygen atoms in total. The first kappa shape index (κ1) is 13.2. The lowest BCUT2D eigenvalue weighted by molar-refractivity contribution is 0.0572. The Balaban J connectivity index is 1.91. The van der Waals surface area contributed by atoms with Gasteiger partial charge in [-0.05, 0) is 18.2 Å². The van der Waals surface area contributed by atoms with E-state index in [4.69, 9.17) is 14.2 Å². The molecule has 3 rings (SSSR count). The van der Waals surface area contributed by atoms with Crippen molar-refractivity contribution < 1.29 is 24.1 Å². The van der Waals surface area contributed by atoms with Crippen LogP contribution in [0.15, 0.2) is 36.7 Å². The van der Waals surface area contributed by atoms with Crippen LogP contribution in [0.5, 0.6) is 17.2 Å². The van der Waals surface area contributed by atoms with Crippen molar-refractivity contribution in [3.8, 4) is 17.2 Å². The van der Waals surface area contributed by atoms with Crippen LogP contribution in [-0.4, -0.2) is 29.8 Å². The topological polar surface area (TPSA) is 77.9 Å². The first-order valence-electron chi connectivity index (χ1n) is 6.33. The summed E-state index contributed by atoms with van der Waals surface area (Å²) in [6, 6.07) is 6.59. The summed E-state index contributed by atoms with van der Waals surface area (Å²) < 4.78 is 16.2. The molecule has 0 aliphatic carbocycles. The van der Waals surface area contributed by atoms with Crippen LogP contribution in [0.2, 0.25) is 0 Å². The molecule has 1 aliphatic heterocycles. The van der Waals surface area contributed by atoms with E-state index in [1.165, 1.54) is 13.3 Å². The van der Waals surface area contributed by atoms with Crippen LogP contribution in [0.3, 0.4) is 0 Å². The third kappa shape index (κ3) is 2.47. The molecule has 6 heteroatoms. The summed E-state index contributed by atoms with van der Waals surface area (Å²) in [6.07, 6.45) is 2.55. The summed E-state index contributed by atoms with van der Waals surface area (Å²) in [5.41, 5.74) is 1.02. The third-order valence-electron chi connectivity index (χ3n) is 3.15. The Morgan fingerprint density at radius 2 is 2.29 bits per heavy atom. The van der Waals surface area contributed by atoms with Crippen molar-refractivity contribution in [2.24, 2.45) is 0 Å². The van der Waals surface area contributed by atoms with E-state index in [0.717, 1.165) is 0 Å². The molecule has 21 heavy (non-hydrogen) atoms. The van der Waals surface area contributed by atoms with Gasteiger partial charge in [0.2, 0.25) is 0 Å². The maximum Gasteiger partial charge on any atom is 0.341 e. The van der Waals surface area contributed by atoms with E-state index >= 15 is 0 Å². The van der Waals surface area contributed by atoms with E-state index in [0.29, 0.717) is 22.6 Å². The number of fused-ring (bicyclic) bond motifs is 1. The molecular formula is C15H13NO5. The number of pyridine rings is 1. The Bertz CT molecular complexity index is 686. The Morgan fingerprint density at radius 1 is 1.43 bits per heavy atom. The van der Waals surface area contributed by atoms with Crippen molar-refractivity contribution in [1.82, 2.24) is 4.98 Å². The molecule has 0 saturated carbocycles.